The van der Waals surface area contributed by atoms with Crippen molar-refractivity contribution in [2.45, 2.75) is 49.1 Å². The summed E-state index contributed by atoms with van der Waals surface area (Å²) in [6.45, 7) is 0. The quantitative estimate of drug-likeness (QED) is 0.394. The SMILES string of the molecule is O=C(OC(F)(F)C(F)(F)OC1(F)OC(F)(F)OC1(F)OC(F)(F)F)C(F)(F)C(F)(F)F. The molecule has 0 aromatic carbocycles. The Morgan fingerprint density at radius 3 is 1.39 bits per heavy atom. The first-order valence-electron chi connectivity index (χ1n) is 6.27. The summed E-state index contributed by atoms with van der Waals surface area (Å²) in [6.07, 6.45) is -34.1. The minimum atomic E-state index is -7.28. The second kappa shape index (κ2) is 7.10. The van der Waals surface area contributed by atoms with Crippen LogP contribution in [0.25, 0.3) is 0 Å². The van der Waals surface area contributed by atoms with E-state index in [2.05, 4.69) is 9.47 Å². The fourth-order valence-corrected chi connectivity index (χ4v) is 1.34. The Bertz CT molecular complexity index is 701. The molecule has 1 fully saturated rings. The summed E-state index contributed by atoms with van der Waals surface area (Å²) in [4.78, 5) is 10.4. The fourth-order valence-electron chi connectivity index (χ4n) is 1.34. The lowest BCUT2D eigenvalue weighted by molar-refractivity contribution is -0.554. The largest absolute Gasteiger partial charge is 0.527 e. The molecule has 0 amide bonds. The van der Waals surface area contributed by atoms with Gasteiger partial charge in [0.1, 0.15) is 0 Å². The van der Waals surface area contributed by atoms with E-state index in [1.54, 1.807) is 0 Å². The number of hydrogen-bond acceptors (Lipinski definition) is 6. The molecule has 1 aliphatic heterocycles. The van der Waals surface area contributed by atoms with E-state index in [0.29, 0.717) is 0 Å². The Kier molecular flexibility index (Phi) is 6.23. The molecule has 1 heterocycles. The first-order chi connectivity index (χ1) is 13.2. The lowest BCUT2D eigenvalue weighted by atomic mass is 10.3. The molecule has 0 aliphatic carbocycles. The summed E-state index contributed by atoms with van der Waals surface area (Å²) in [5, 5.41) is 0. The molecule has 0 radical (unpaired) electrons. The second-order valence-electron chi connectivity index (χ2n) is 4.89. The molecule has 22 heteroatoms. The first kappa shape index (κ1) is 27.2. The summed E-state index contributed by atoms with van der Waals surface area (Å²) in [7, 11) is 0. The van der Waals surface area contributed by atoms with Gasteiger partial charge in [0, 0.05) is 0 Å². The maximum absolute atomic E-state index is 13.8. The molecule has 2 atom stereocenters. The molecule has 0 spiro atoms. The number of alkyl halides is 16. The third kappa shape index (κ3) is 5.34. The van der Waals surface area contributed by atoms with Gasteiger partial charge in [0.05, 0.1) is 0 Å². The third-order valence-corrected chi connectivity index (χ3v) is 2.54. The topological polar surface area (TPSA) is 63.2 Å². The molecule has 0 N–H and O–H groups in total. The standard InChI is InChI=1S/C9F16O6/c10-2(11,3(12,13)14)1(26)27-4(15,16)5(17,18)28-6(19)7(20,29-8(21,22)23)31-9(24,25)30-6. The summed E-state index contributed by atoms with van der Waals surface area (Å²) in [5.74, 6) is -11.4. The van der Waals surface area contributed by atoms with Crippen LogP contribution in [0.2, 0.25) is 0 Å². The normalized spacial score (nSPS) is 28.0. The van der Waals surface area contributed by atoms with E-state index in [1.807, 2.05) is 14.2 Å². The number of rotatable bonds is 6. The van der Waals surface area contributed by atoms with Crippen LogP contribution in [0.1, 0.15) is 0 Å². The van der Waals surface area contributed by atoms with Crippen LogP contribution in [0.5, 0.6) is 0 Å². The van der Waals surface area contributed by atoms with Gasteiger partial charge in [-0.1, -0.05) is 0 Å². The van der Waals surface area contributed by atoms with E-state index in [1.165, 1.54) is 0 Å². The van der Waals surface area contributed by atoms with Crippen LogP contribution in [-0.2, 0) is 28.5 Å². The third-order valence-electron chi connectivity index (χ3n) is 2.54. The highest BCUT2D eigenvalue weighted by Crippen LogP contribution is 2.55. The zero-order chi connectivity index (χ0) is 25.1. The first-order valence-corrected chi connectivity index (χ1v) is 6.27. The van der Waals surface area contributed by atoms with Gasteiger partial charge in [-0.3, -0.25) is 0 Å². The van der Waals surface area contributed by atoms with Gasteiger partial charge in [0.2, 0.25) is 0 Å². The zero-order valence-corrected chi connectivity index (χ0v) is 13.0. The number of halogens is 16. The highest BCUT2D eigenvalue weighted by atomic mass is 19.4. The fraction of sp³-hybridized carbons (Fsp3) is 0.889. The van der Waals surface area contributed by atoms with Gasteiger partial charge < -0.3 is 4.74 Å². The second-order valence-corrected chi connectivity index (χ2v) is 4.89. The molecule has 0 saturated carbocycles. The van der Waals surface area contributed by atoms with Gasteiger partial charge in [-0.05, 0) is 0 Å². The zero-order valence-electron chi connectivity index (χ0n) is 13.0. The maximum atomic E-state index is 13.8. The highest BCUT2D eigenvalue weighted by Gasteiger charge is 2.82. The van der Waals surface area contributed by atoms with Gasteiger partial charge >= 0.3 is 55.0 Å². The lowest BCUT2D eigenvalue weighted by Gasteiger charge is -2.33. The van der Waals surface area contributed by atoms with Gasteiger partial charge in [-0.15, -0.1) is 22.0 Å². The van der Waals surface area contributed by atoms with Crippen LogP contribution < -0.4 is 0 Å². The smallest absolute Gasteiger partial charge is 0.389 e. The van der Waals surface area contributed by atoms with E-state index >= 15 is 0 Å². The highest BCUT2D eigenvalue weighted by molar-refractivity contribution is 5.78. The van der Waals surface area contributed by atoms with E-state index in [-0.39, 0.29) is 0 Å². The summed E-state index contributed by atoms with van der Waals surface area (Å²) < 4.78 is 212. The van der Waals surface area contributed by atoms with Crippen LogP contribution in [-0.4, -0.2) is 55.0 Å². The molecule has 0 aromatic heterocycles. The Morgan fingerprint density at radius 1 is 0.645 bits per heavy atom. The lowest BCUT2D eigenvalue weighted by Crippen LogP contribution is -2.59. The maximum Gasteiger partial charge on any atom is 0.527 e. The summed E-state index contributed by atoms with van der Waals surface area (Å²) in [6, 6.07) is -12.9. The molecule has 0 bridgehead atoms. The minimum Gasteiger partial charge on any atom is -0.389 e. The Balaban J connectivity index is 3.26. The minimum absolute atomic E-state index is 1.82. The molecule has 0 aromatic rings. The van der Waals surface area contributed by atoms with Crippen molar-refractivity contribution in [1.29, 1.82) is 0 Å². The average molecular weight is 508 g/mol. The molecule has 1 aliphatic rings. The van der Waals surface area contributed by atoms with E-state index < -0.39 is 55.0 Å². The molecule has 1 saturated heterocycles. The summed E-state index contributed by atoms with van der Waals surface area (Å²) in [5.41, 5.74) is 0. The predicted molar refractivity (Wildman–Crippen MR) is 50.0 cm³/mol. The molecule has 6 nitrogen and oxygen atoms in total. The Labute approximate surface area is 155 Å². The van der Waals surface area contributed by atoms with E-state index in [0.717, 1.165) is 0 Å². The molecule has 31 heavy (non-hydrogen) atoms. The van der Waals surface area contributed by atoms with E-state index in [4.69, 9.17) is 0 Å². The number of esters is 1. The van der Waals surface area contributed by atoms with Gasteiger partial charge in [-0.25, -0.2) is 23.7 Å². The van der Waals surface area contributed by atoms with Gasteiger partial charge in [-0.2, -0.15) is 48.3 Å². The molecular formula is C9F16O6. The number of hydrogen-bond donors (Lipinski definition) is 0. The van der Waals surface area contributed by atoms with Crippen molar-refractivity contribution in [2.24, 2.45) is 0 Å². The molecule has 2 unspecified atom stereocenters. The van der Waals surface area contributed by atoms with Crippen molar-refractivity contribution in [2.75, 3.05) is 0 Å². The predicted octanol–water partition coefficient (Wildman–Crippen LogP) is 4.31. The van der Waals surface area contributed by atoms with Crippen LogP contribution in [0.15, 0.2) is 0 Å². The van der Waals surface area contributed by atoms with E-state index in [9.17, 15) is 75.0 Å². The Hall–Kier alpha value is -1.81. The monoisotopic (exact) mass is 508 g/mol. The van der Waals surface area contributed by atoms with Crippen LogP contribution in [0.4, 0.5) is 70.2 Å². The van der Waals surface area contributed by atoms with Gasteiger partial charge in [0.15, 0.2) is 0 Å². The summed E-state index contributed by atoms with van der Waals surface area (Å²) >= 11 is 0. The van der Waals surface area contributed by atoms with Gasteiger partial charge in [0.25, 0.3) is 0 Å². The molecular weight excluding hydrogens is 508 g/mol. The van der Waals surface area contributed by atoms with Crippen LogP contribution in [0.3, 0.4) is 0 Å². The molecule has 184 valence electrons. The Morgan fingerprint density at radius 2 is 1.03 bits per heavy atom. The number of carbonyl (C=O) groups excluding carboxylic acids is 1. The van der Waals surface area contributed by atoms with Crippen LogP contribution in [0, 0.1) is 0 Å². The molecule has 1 rings (SSSR count). The van der Waals surface area contributed by atoms with Crippen molar-refractivity contribution in [3.8, 4) is 0 Å². The van der Waals surface area contributed by atoms with Crippen LogP contribution >= 0.6 is 0 Å². The number of ether oxygens (including phenoxy) is 5. The number of carbonyl (C=O) groups is 1. The van der Waals surface area contributed by atoms with Crippen molar-refractivity contribution >= 4 is 5.97 Å². The van der Waals surface area contributed by atoms with Crippen molar-refractivity contribution in [3.63, 3.8) is 0 Å². The van der Waals surface area contributed by atoms with Crippen molar-refractivity contribution in [3.05, 3.63) is 0 Å². The van der Waals surface area contributed by atoms with Crippen molar-refractivity contribution in [1.82, 2.24) is 0 Å². The van der Waals surface area contributed by atoms with Crippen molar-refractivity contribution < 1.29 is 98.7 Å². The average Bonchev–Trinajstić information content (AvgIpc) is 2.57.